The summed E-state index contributed by atoms with van der Waals surface area (Å²) in [5.74, 6) is 0.785. The SMILES string of the molecule is CCOc1ccc(Br)cc1/C=C/C(=O)Oc1ccc(-c2ccc(C)cc2)cc1. The van der Waals surface area contributed by atoms with Crippen molar-refractivity contribution in [2.45, 2.75) is 13.8 Å². The van der Waals surface area contributed by atoms with Gasteiger partial charge in [-0.25, -0.2) is 4.79 Å². The molecule has 0 N–H and O–H groups in total. The topological polar surface area (TPSA) is 35.5 Å². The van der Waals surface area contributed by atoms with E-state index in [2.05, 4.69) is 47.1 Å². The van der Waals surface area contributed by atoms with Crippen LogP contribution in [0.5, 0.6) is 11.5 Å². The van der Waals surface area contributed by atoms with Gasteiger partial charge in [0.05, 0.1) is 6.61 Å². The van der Waals surface area contributed by atoms with E-state index in [1.807, 2.05) is 37.3 Å². The number of rotatable bonds is 6. The van der Waals surface area contributed by atoms with E-state index in [0.29, 0.717) is 12.4 Å². The predicted octanol–water partition coefficient (Wildman–Crippen LogP) is 6.44. The molecule has 0 aromatic heterocycles. The first-order valence-electron chi connectivity index (χ1n) is 9.04. The van der Waals surface area contributed by atoms with Crippen molar-refractivity contribution in [3.63, 3.8) is 0 Å². The number of carbonyl (C=O) groups excluding carboxylic acids is 1. The van der Waals surface area contributed by atoms with Crippen LogP contribution < -0.4 is 9.47 Å². The summed E-state index contributed by atoms with van der Waals surface area (Å²) in [5, 5.41) is 0. The number of carbonyl (C=O) groups is 1. The molecule has 0 saturated heterocycles. The van der Waals surface area contributed by atoms with Gasteiger partial charge in [0.1, 0.15) is 11.5 Å². The van der Waals surface area contributed by atoms with Crippen LogP contribution >= 0.6 is 15.9 Å². The molecule has 3 nitrogen and oxygen atoms in total. The minimum atomic E-state index is -0.439. The Kier molecular flexibility index (Phi) is 6.66. The first-order chi connectivity index (χ1) is 13.5. The zero-order valence-electron chi connectivity index (χ0n) is 15.8. The average molecular weight is 437 g/mol. The summed E-state index contributed by atoms with van der Waals surface area (Å²) in [5.41, 5.74) is 4.23. The molecule has 3 aromatic carbocycles. The molecule has 0 fully saturated rings. The Morgan fingerprint density at radius 1 is 0.964 bits per heavy atom. The number of ether oxygens (including phenoxy) is 2. The Balaban J connectivity index is 1.67. The second-order valence-electron chi connectivity index (χ2n) is 6.26. The molecule has 142 valence electrons. The highest BCUT2D eigenvalue weighted by atomic mass is 79.9. The van der Waals surface area contributed by atoms with E-state index in [-0.39, 0.29) is 0 Å². The van der Waals surface area contributed by atoms with Gasteiger partial charge in [-0.05, 0) is 61.4 Å². The lowest BCUT2D eigenvalue weighted by atomic mass is 10.0. The molecule has 3 rings (SSSR count). The first kappa shape index (κ1) is 19.9. The molecule has 0 heterocycles. The molecule has 0 aliphatic rings. The molecular formula is C24H21BrO3. The van der Waals surface area contributed by atoms with Crippen LogP contribution in [0.2, 0.25) is 0 Å². The minimum Gasteiger partial charge on any atom is -0.493 e. The third-order valence-corrected chi connectivity index (χ3v) is 4.62. The molecule has 0 unspecified atom stereocenters. The van der Waals surface area contributed by atoms with Crippen molar-refractivity contribution in [2.75, 3.05) is 6.61 Å². The van der Waals surface area contributed by atoms with Gasteiger partial charge in [-0.3, -0.25) is 0 Å². The Morgan fingerprint density at radius 3 is 2.25 bits per heavy atom. The van der Waals surface area contributed by atoms with Crippen LogP contribution in [0, 0.1) is 6.92 Å². The maximum Gasteiger partial charge on any atom is 0.336 e. The molecule has 0 aliphatic heterocycles. The summed E-state index contributed by atoms with van der Waals surface area (Å²) < 4.78 is 11.9. The molecule has 0 amide bonds. The average Bonchev–Trinajstić information content (AvgIpc) is 2.69. The lowest BCUT2D eigenvalue weighted by Crippen LogP contribution is -2.03. The Morgan fingerprint density at radius 2 is 1.61 bits per heavy atom. The lowest BCUT2D eigenvalue weighted by molar-refractivity contribution is -0.128. The highest BCUT2D eigenvalue weighted by Crippen LogP contribution is 2.25. The van der Waals surface area contributed by atoms with Gasteiger partial charge in [-0.1, -0.05) is 57.9 Å². The van der Waals surface area contributed by atoms with E-state index in [1.165, 1.54) is 11.6 Å². The molecule has 0 atom stereocenters. The van der Waals surface area contributed by atoms with Crippen LogP contribution in [-0.4, -0.2) is 12.6 Å². The lowest BCUT2D eigenvalue weighted by Gasteiger charge is -2.07. The minimum absolute atomic E-state index is 0.439. The van der Waals surface area contributed by atoms with Crippen molar-refractivity contribution in [3.05, 3.63) is 88.4 Å². The van der Waals surface area contributed by atoms with Gasteiger partial charge >= 0.3 is 5.97 Å². The van der Waals surface area contributed by atoms with Crippen molar-refractivity contribution in [2.24, 2.45) is 0 Å². The highest BCUT2D eigenvalue weighted by molar-refractivity contribution is 9.10. The van der Waals surface area contributed by atoms with Crippen LogP contribution in [0.25, 0.3) is 17.2 Å². The maximum atomic E-state index is 12.2. The number of benzene rings is 3. The standard InChI is InChI=1S/C24H21BrO3/c1-3-27-23-14-11-21(25)16-20(23)10-15-24(26)28-22-12-8-19(9-13-22)18-6-4-17(2)5-7-18/h4-16H,3H2,1-2H3/b15-10+. The summed E-state index contributed by atoms with van der Waals surface area (Å²) in [6, 6.07) is 21.4. The van der Waals surface area contributed by atoms with Crippen molar-refractivity contribution in [3.8, 4) is 22.6 Å². The molecule has 0 saturated carbocycles. The Hall–Kier alpha value is -2.85. The number of halogens is 1. The third kappa shape index (κ3) is 5.33. The molecule has 0 aliphatic carbocycles. The Labute approximate surface area is 173 Å². The molecule has 4 heteroatoms. The zero-order valence-corrected chi connectivity index (χ0v) is 17.4. The van der Waals surface area contributed by atoms with E-state index in [4.69, 9.17) is 9.47 Å². The van der Waals surface area contributed by atoms with Crippen LogP contribution in [0.15, 0.2) is 77.3 Å². The number of hydrogen-bond donors (Lipinski definition) is 0. The summed E-state index contributed by atoms with van der Waals surface area (Å²) in [7, 11) is 0. The van der Waals surface area contributed by atoms with Gasteiger partial charge < -0.3 is 9.47 Å². The van der Waals surface area contributed by atoms with Gasteiger partial charge in [0.2, 0.25) is 0 Å². The van der Waals surface area contributed by atoms with E-state index in [0.717, 1.165) is 26.9 Å². The van der Waals surface area contributed by atoms with E-state index in [1.54, 1.807) is 18.2 Å². The van der Waals surface area contributed by atoms with Crippen LogP contribution in [0.4, 0.5) is 0 Å². The first-order valence-corrected chi connectivity index (χ1v) is 9.84. The molecule has 0 radical (unpaired) electrons. The summed E-state index contributed by atoms with van der Waals surface area (Å²) in [6.07, 6.45) is 3.09. The summed E-state index contributed by atoms with van der Waals surface area (Å²) in [6.45, 7) is 4.54. The predicted molar refractivity (Wildman–Crippen MR) is 117 cm³/mol. The smallest absolute Gasteiger partial charge is 0.336 e. The summed E-state index contributed by atoms with van der Waals surface area (Å²) in [4.78, 5) is 12.2. The molecule has 0 spiro atoms. The second kappa shape index (κ2) is 9.38. The second-order valence-corrected chi connectivity index (χ2v) is 7.18. The van der Waals surface area contributed by atoms with E-state index < -0.39 is 5.97 Å². The fourth-order valence-electron chi connectivity index (χ4n) is 2.71. The number of aryl methyl sites for hydroxylation is 1. The van der Waals surface area contributed by atoms with Gasteiger partial charge in [-0.15, -0.1) is 0 Å². The third-order valence-electron chi connectivity index (χ3n) is 4.13. The highest BCUT2D eigenvalue weighted by Gasteiger charge is 2.05. The molecule has 3 aromatic rings. The zero-order chi connectivity index (χ0) is 19.9. The maximum absolute atomic E-state index is 12.2. The van der Waals surface area contributed by atoms with Crippen LogP contribution in [0.1, 0.15) is 18.1 Å². The van der Waals surface area contributed by atoms with Crippen LogP contribution in [0.3, 0.4) is 0 Å². The van der Waals surface area contributed by atoms with E-state index in [9.17, 15) is 4.79 Å². The van der Waals surface area contributed by atoms with Gasteiger partial charge in [-0.2, -0.15) is 0 Å². The fourth-order valence-corrected chi connectivity index (χ4v) is 3.08. The van der Waals surface area contributed by atoms with Gasteiger partial charge in [0.25, 0.3) is 0 Å². The van der Waals surface area contributed by atoms with Gasteiger partial charge in [0, 0.05) is 16.1 Å². The van der Waals surface area contributed by atoms with E-state index >= 15 is 0 Å². The molecular weight excluding hydrogens is 416 g/mol. The summed E-state index contributed by atoms with van der Waals surface area (Å²) >= 11 is 3.43. The van der Waals surface area contributed by atoms with Gasteiger partial charge in [0.15, 0.2) is 0 Å². The van der Waals surface area contributed by atoms with Crippen molar-refractivity contribution in [1.82, 2.24) is 0 Å². The quantitative estimate of drug-likeness (QED) is 0.253. The van der Waals surface area contributed by atoms with Crippen molar-refractivity contribution in [1.29, 1.82) is 0 Å². The van der Waals surface area contributed by atoms with Crippen LogP contribution in [-0.2, 0) is 4.79 Å². The monoisotopic (exact) mass is 436 g/mol. The normalized spacial score (nSPS) is 10.8. The number of esters is 1. The molecule has 0 bridgehead atoms. The van der Waals surface area contributed by atoms with Crippen molar-refractivity contribution >= 4 is 28.0 Å². The van der Waals surface area contributed by atoms with Crippen molar-refractivity contribution < 1.29 is 14.3 Å². The largest absolute Gasteiger partial charge is 0.493 e. The molecule has 28 heavy (non-hydrogen) atoms. The fraction of sp³-hybridized carbons (Fsp3) is 0.125. The number of hydrogen-bond acceptors (Lipinski definition) is 3. The Bertz CT molecular complexity index is 974.